The summed E-state index contributed by atoms with van der Waals surface area (Å²) >= 11 is 0. The van der Waals surface area contributed by atoms with Gasteiger partial charge >= 0.3 is 0 Å². The van der Waals surface area contributed by atoms with Crippen LogP contribution in [0.3, 0.4) is 0 Å². The Kier molecular flexibility index (Phi) is 3.94. The Hall–Kier alpha value is -1.76. The zero-order chi connectivity index (χ0) is 13.9. The second kappa shape index (κ2) is 5.48. The fraction of sp³-hybridized carbons (Fsp3) is 0.600. The van der Waals surface area contributed by atoms with E-state index >= 15 is 0 Å². The summed E-state index contributed by atoms with van der Waals surface area (Å²) < 4.78 is 5.33. The smallest absolute Gasteiger partial charge is 0.243 e. The Bertz CT molecular complexity index is 465. The summed E-state index contributed by atoms with van der Waals surface area (Å²) in [5.41, 5.74) is -0.880. The van der Waals surface area contributed by atoms with Gasteiger partial charge < -0.3 is 9.32 Å². The van der Waals surface area contributed by atoms with Gasteiger partial charge in [0.05, 0.1) is 18.9 Å². The van der Waals surface area contributed by atoms with Crippen LogP contribution in [-0.2, 0) is 11.3 Å². The maximum atomic E-state index is 12.7. The predicted octanol–water partition coefficient (Wildman–Crippen LogP) is 3.10. The topological polar surface area (TPSA) is 57.2 Å². The minimum absolute atomic E-state index is 0.0427. The summed E-state index contributed by atoms with van der Waals surface area (Å²) in [5, 5.41) is 9.40. The summed E-state index contributed by atoms with van der Waals surface area (Å²) in [6.45, 7) is 4.28. The molecule has 0 saturated heterocycles. The molecule has 0 atom stereocenters. The fourth-order valence-corrected chi connectivity index (χ4v) is 2.36. The van der Waals surface area contributed by atoms with Crippen molar-refractivity contribution < 1.29 is 9.21 Å². The minimum atomic E-state index is -0.880. The van der Waals surface area contributed by atoms with Gasteiger partial charge in [0.1, 0.15) is 11.2 Å². The summed E-state index contributed by atoms with van der Waals surface area (Å²) in [7, 11) is 0. The number of amides is 1. The molecule has 2 rings (SSSR count). The van der Waals surface area contributed by atoms with Crippen LogP contribution in [0.25, 0.3) is 0 Å². The molecular weight excluding hydrogens is 240 g/mol. The summed E-state index contributed by atoms with van der Waals surface area (Å²) in [4.78, 5) is 14.6. The van der Waals surface area contributed by atoms with Crippen molar-refractivity contribution in [2.75, 3.05) is 0 Å². The van der Waals surface area contributed by atoms with E-state index in [2.05, 4.69) is 6.07 Å². The van der Waals surface area contributed by atoms with Crippen LogP contribution in [0, 0.1) is 16.7 Å². The Morgan fingerprint density at radius 3 is 2.63 bits per heavy atom. The molecule has 19 heavy (non-hydrogen) atoms. The number of carbonyl (C=O) groups is 1. The van der Waals surface area contributed by atoms with Gasteiger partial charge in [-0.3, -0.25) is 4.79 Å². The minimum Gasteiger partial charge on any atom is -0.467 e. The first-order valence-electron chi connectivity index (χ1n) is 6.91. The number of rotatable bonds is 6. The maximum absolute atomic E-state index is 12.7. The molecule has 0 spiro atoms. The van der Waals surface area contributed by atoms with Crippen LogP contribution in [0.4, 0.5) is 0 Å². The molecule has 0 N–H and O–H groups in total. The molecule has 1 amide bonds. The first kappa shape index (κ1) is 13.7. The molecule has 0 unspecified atom stereocenters. The van der Waals surface area contributed by atoms with Crippen molar-refractivity contribution >= 4 is 5.91 Å². The zero-order valence-electron chi connectivity index (χ0n) is 11.6. The third-order valence-corrected chi connectivity index (χ3v) is 3.99. The van der Waals surface area contributed by atoms with Crippen LogP contribution < -0.4 is 0 Å². The van der Waals surface area contributed by atoms with Crippen molar-refractivity contribution in [2.24, 2.45) is 5.41 Å². The highest BCUT2D eigenvalue weighted by Crippen LogP contribution is 2.35. The first-order chi connectivity index (χ1) is 9.16. The summed E-state index contributed by atoms with van der Waals surface area (Å²) in [6.07, 6.45) is 4.78. The van der Waals surface area contributed by atoms with Gasteiger partial charge in [0.2, 0.25) is 5.91 Å². The highest BCUT2D eigenvalue weighted by molar-refractivity contribution is 5.85. The average molecular weight is 260 g/mol. The van der Waals surface area contributed by atoms with E-state index in [1.54, 1.807) is 6.26 Å². The molecule has 0 bridgehead atoms. The molecule has 1 fully saturated rings. The van der Waals surface area contributed by atoms with Crippen LogP contribution in [-0.4, -0.2) is 16.8 Å². The first-order valence-corrected chi connectivity index (χ1v) is 6.91. The lowest BCUT2D eigenvalue weighted by Gasteiger charge is -2.30. The van der Waals surface area contributed by atoms with Crippen LogP contribution in [0.15, 0.2) is 22.8 Å². The van der Waals surface area contributed by atoms with E-state index in [1.165, 1.54) is 0 Å². The molecule has 0 aromatic carbocycles. The molecule has 0 aliphatic heterocycles. The SMILES string of the molecule is CCC(C#N)(CC)C(=O)N(Cc1ccco1)C1CC1. The molecule has 0 radical (unpaired) electrons. The lowest BCUT2D eigenvalue weighted by molar-refractivity contribution is -0.141. The molecule has 4 nitrogen and oxygen atoms in total. The molecule has 4 heteroatoms. The molecule has 1 heterocycles. The zero-order valence-corrected chi connectivity index (χ0v) is 11.6. The van der Waals surface area contributed by atoms with Crippen molar-refractivity contribution in [2.45, 2.75) is 52.1 Å². The van der Waals surface area contributed by atoms with Crippen LogP contribution >= 0.6 is 0 Å². The number of nitriles is 1. The molecule has 1 aromatic rings. The number of hydrogen-bond acceptors (Lipinski definition) is 3. The van der Waals surface area contributed by atoms with Gasteiger partial charge in [0.15, 0.2) is 0 Å². The van der Waals surface area contributed by atoms with Gasteiger partial charge in [-0.25, -0.2) is 0 Å². The van der Waals surface area contributed by atoms with Gasteiger partial charge in [-0.15, -0.1) is 0 Å². The summed E-state index contributed by atoms with van der Waals surface area (Å²) in [5.74, 6) is 0.734. The average Bonchev–Trinajstić information content (AvgIpc) is 3.15. The van der Waals surface area contributed by atoms with E-state index < -0.39 is 5.41 Å². The molecule has 1 aliphatic rings. The lowest BCUT2D eigenvalue weighted by Crippen LogP contribution is -2.43. The monoisotopic (exact) mass is 260 g/mol. The van der Waals surface area contributed by atoms with E-state index in [9.17, 15) is 10.1 Å². The van der Waals surface area contributed by atoms with Gasteiger partial charge in [-0.05, 0) is 37.8 Å². The number of nitrogens with zero attached hydrogens (tertiary/aromatic N) is 2. The Labute approximate surface area is 114 Å². The van der Waals surface area contributed by atoms with Crippen LogP contribution in [0.5, 0.6) is 0 Å². The van der Waals surface area contributed by atoms with E-state index in [0.29, 0.717) is 19.4 Å². The Morgan fingerprint density at radius 2 is 2.21 bits per heavy atom. The number of furan rings is 1. The fourth-order valence-electron chi connectivity index (χ4n) is 2.36. The third kappa shape index (κ3) is 2.65. The van der Waals surface area contributed by atoms with Gasteiger partial charge in [0, 0.05) is 6.04 Å². The molecule has 1 aliphatic carbocycles. The van der Waals surface area contributed by atoms with Crippen LogP contribution in [0.2, 0.25) is 0 Å². The second-order valence-corrected chi connectivity index (χ2v) is 5.14. The molecule has 1 aromatic heterocycles. The molecule has 102 valence electrons. The summed E-state index contributed by atoms with van der Waals surface area (Å²) in [6, 6.07) is 6.21. The van der Waals surface area contributed by atoms with Gasteiger partial charge in [-0.1, -0.05) is 13.8 Å². The maximum Gasteiger partial charge on any atom is 0.243 e. The molecule has 1 saturated carbocycles. The normalized spacial score (nSPS) is 15.0. The van der Waals surface area contributed by atoms with E-state index in [4.69, 9.17) is 4.42 Å². The van der Waals surface area contributed by atoms with E-state index in [0.717, 1.165) is 18.6 Å². The van der Waals surface area contributed by atoms with Gasteiger partial charge in [0.25, 0.3) is 0 Å². The van der Waals surface area contributed by atoms with Crippen molar-refractivity contribution in [3.63, 3.8) is 0 Å². The Morgan fingerprint density at radius 1 is 1.53 bits per heavy atom. The quantitative estimate of drug-likeness (QED) is 0.789. The standard InChI is InChI=1S/C15H20N2O2/c1-3-15(4-2,11-16)14(18)17(12-7-8-12)10-13-6-5-9-19-13/h5-6,9,12H,3-4,7-8,10H2,1-2H3. The number of hydrogen-bond donors (Lipinski definition) is 0. The van der Waals surface area contributed by atoms with Crippen molar-refractivity contribution in [3.05, 3.63) is 24.2 Å². The largest absolute Gasteiger partial charge is 0.467 e. The second-order valence-electron chi connectivity index (χ2n) is 5.14. The highest BCUT2D eigenvalue weighted by atomic mass is 16.3. The highest BCUT2D eigenvalue weighted by Gasteiger charge is 2.43. The predicted molar refractivity (Wildman–Crippen MR) is 70.9 cm³/mol. The van der Waals surface area contributed by atoms with Crippen LogP contribution in [0.1, 0.15) is 45.3 Å². The Balaban J connectivity index is 2.19. The van der Waals surface area contributed by atoms with Crippen molar-refractivity contribution in [1.82, 2.24) is 4.90 Å². The van der Waals surface area contributed by atoms with Gasteiger partial charge in [-0.2, -0.15) is 5.26 Å². The third-order valence-electron chi connectivity index (χ3n) is 3.99. The van der Waals surface area contributed by atoms with Crippen molar-refractivity contribution in [3.8, 4) is 6.07 Å². The molecular formula is C15H20N2O2. The van der Waals surface area contributed by atoms with E-state index in [1.807, 2.05) is 30.9 Å². The van der Waals surface area contributed by atoms with E-state index in [-0.39, 0.29) is 11.9 Å². The lowest BCUT2D eigenvalue weighted by atomic mass is 9.82. The number of carbonyl (C=O) groups excluding carboxylic acids is 1. The van der Waals surface area contributed by atoms with Crippen molar-refractivity contribution in [1.29, 1.82) is 5.26 Å².